The van der Waals surface area contributed by atoms with Crippen LogP contribution in [-0.4, -0.2) is 17.0 Å². The third-order valence-corrected chi connectivity index (χ3v) is 4.34. The first kappa shape index (κ1) is 18.4. The SMILES string of the molecule is CCCCCCCC(O)Cc1cccc(C(=O)c2ccccc2)c1. The molecule has 0 aromatic heterocycles. The van der Waals surface area contributed by atoms with Crippen LogP contribution in [0.4, 0.5) is 0 Å². The number of aliphatic hydroxyl groups excluding tert-OH is 1. The molecule has 1 atom stereocenters. The summed E-state index contributed by atoms with van der Waals surface area (Å²) < 4.78 is 0. The highest BCUT2D eigenvalue weighted by molar-refractivity contribution is 6.09. The van der Waals surface area contributed by atoms with Gasteiger partial charge in [-0.15, -0.1) is 0 Å². The number of aliphatic hydroxyl groups is 1. The molecule has 1 unspecified atom stereocenters. The fourth-order valence-electron chi connectivity index (χ4n) is 2.95. The van der Waals surface area contributed by atoms with Gasteiger partial charge in [0.2, 0.25) is 0 Å². The molecule has 0 saturated heterocycles. The molecule has 24 heavy (non-hydrogen) atoms. The average Bonchev–Trinajstić information content (AvgIpc) is 2.62. The number of hydrogen-bond donors (Lipinski definition) is 1. The Hall–Kier alpha value is -1.93. The largest absolute Gasteiger partial charge is 0.393 e. The van der Waals surface area contributed by atoms with Crippen LogP contribution in [0.3, 0.4) is 0 Å². The molecule has 0 radical (unpaired) electrons. The second kappa shape index (κ2) is 10.0. The van der Waals surface area contributed by atoms with E-state index in [-0.39, 0.29) is 11.9 Å². The van der Waals surface area contributed by atoms with Crippen LogP contribution in [0.15, 0.2) is 54.6 Å². The van der Waals surface area contributed by atoms with Gasteiger partial charge in [0, 0.05) is 11.1 Å². The van der Waals surface area contributed by atoms with Crippen LogP contribution in [0.1, 0.15) is 66.9 Å². The Morgan fingerprint density at radius 1 is 0.917 bits per heavy atom. The van der Waals surface area contributed by atoms with Gasteiger partial charge in [0.15, 0.2) is 5.78 Å². The summed E-state index contributed by atoms with van der Waals surface area (Å²) in [7, 11) is 0. The zero-order valence-electron chi connectivity index (χ0n) is 14.6. The minimum Gasteiger partial charge on any atom is -0.393 e. The lowest BCUT2D eigenvalue weighted by Gasteiger charge is -2.11. The highest BCUT2D eigenvalue weighted by Crippen LogP contribution is 2.15. The normalized spacial score (nSPS) is 12.1. The Labute approximate surface area is 145 Å². The average molecular weight is 324 g/mol. The predicted molar refractivity (Wildman–Crippen MR) is 99.4 cm³/mol. The smallest absolute Gasteiger partial charge is 0.193 e. The number of carbonyl (C=O) groups excluding carboxylic acids is 1. The van der Waals surface area contributed by atoms with E-state index < -0.39 is 0 Å². The molecule has 1 N–H and O–H groups in total. The van der Waals surface area contributed by atoms with E-state index >= 15 is 0 Å². The Balaban J connectivity index is 1.89. The van der Waals surface area contributed by atoms with Gasteiger partial charge in [0.1, 0.15) is 0 Å². The van der Waals surface area contributed by atoms with Gasteiger partial charge < -0.3 is 5.11 Å². The van der Waals surface area contributed by atoms with Crippen molar-refractivity contribution in [3.05, 3.63) is 71.3 Å². The topological polar surface area (TPSA) is 37.3 Å². The second-order valence-electron chi connectivity index (χ2n) is 6.46. The molecule has 2 rings (SSSR count). The highest BCUT2D eigenvalue weighted by atomic mass is 16.3. The fourth-order valence-corrected chi connectivity index (χ4v) is 2.95. The van der Waals surface area contributed by atoms with Gasteiger partial charge in [-0.3, -0.25) is 4.79 Å². The van der Waals surface area contributed by atoms with Crippen LogP contribution < -0.4 is 0 Å². The van der Waals surface area contributed by atoms with Gasteiger partial charge in [-0.05, 0) is 24.5 Å². The summed E-state index contributed by atoms with van der Waals surface area (Å²) in [5.74, 6) is 0.0338. The van der Waals surface area contributed by atoms with Crippen molar-refractivity contribution in [2.45, 2.75) is 58.0 Å². The van der Waals surface area contributed by atoms with Crippen LogP contribution in [0.25, 0.3) is 0 Å². The van der Waals surface area contributed by atoms with Crippen molar-refractivity contribution >= 4 is 5.78 Å². The molecule has 0 aliphatic heterocycles. The van der Waals surface area contributed by atoms with Gasteiger partial charge in [-0.25, -0.2) is 0 Å². The summed E-state index contributed by atoms with van der Waals surface area (Å²) in [6, 6.07) is 17.0. The van der Waals surface area contributed by atoms with Gasteiger partial charge >= 0.3 is 0 Å². The molecule has 2 aromatic rings. The Bertz CT molecular complexity index is 619. The van der Waals surface area contributed by atoms with Crippen molar-refractivity contribution in [1.29, 1.82) is 0 Å². The Kier molecular flexibility index (Phi) is 7.70. The lowest BCUT2D eigenvalue weighted by molar-refractivity contribution is 0.103. The Morgan fingerprint density at radius 2 is 1.62 bits per heavy atom. The van der Waals surface area contributed by atoms with E-state index in [2.05, 4.69) is 6.92 Å². The Morgan fingerprint density at radius 3 is 2.38 bits per heavy atom. The predicted octanol–water partition coefficient (Wildman–Crippen LogP) is 5.18. The molecule has 2 aromatic carbocycles. The van der Waals surface area contributed by atoms with E-state index in [0.29, 0.717) is 17.5 Å². The van der Waals surface area contributed by atoms with Crippen LogP contribution >= 0.6 is 0 Å². The van der Waals surface area contributed by atoms with Crippen LogP contribution in [0.2, 0.25) is 0 Å². The summed E-state index contributed by atoms with van der Waals surface area (Å²) in [6.07, 6.45) is 7.16. The molecule has 0 spiro atoms. The minimum atomic E-state index is -0.325. The molecule has 2 nitrogen and oxygen atoms in total. The second-order valence-corrected chi connectivity index (χ2v) is 6.46. The summed E-state index contributed by atoms with van der Waals surface area (Å²) >= 11 is 0. The lowest BCUT2D eigenvalue weighted by atomic mass is 9.97. The zero-order valence-corrected chi connectivity index (χ0v) is 14.6. The molecule has 0 fully saturated rings. The zero-order chi connectivity index (χ0) is 17.2. The van der Waals surface area contributed by atoms with Crippen molar-refractivity contribution in [2.24, 2.45) is 0 Å². The first-order valence-corrected chi connectivity index (χ1v) is 9.07. The van der Waals surface area contributed by atoms with Crippen molar-refractivity contribution in [3.8, 4) is 0 Å². The monoisotopic (exact) mass is 324 g/mol. The van der Waals surface area contributed by atoms with Gasteiger partial charge in [0.25, 0.3) is 0 Å². The maximum Gasteiger partial charge on any atom is 0.193 e. The van der Waals surface area contributed by atoms with E-state index in [1.54, 1.807) is 0 Å². The van der Waals surface area contributed by atoms with Gasteiger partial charge in [-0.1, -0.05) is 87.6 Å². The van der Waals surface area contributed by atoms with Crippen LogP contribution in [0, 0.1) is 0 Å². The van der Waals surface area contributed by atoms with Gasteiger partial charge in [0.05, 0.1) is 6.10 Å². The number of unbranched alkanes of at least 4 members (excludes halogenated alkanes) is 4. The van der Waals surface area contributed by atoms with E-state index in [1.807, 2.05) is 54.6 Å². The van der Waals surface area contributed by atoms with E-state index in [4.69, 9.17) is 0 Å². The molecule has 128 valence electrons. The molecule has 0 heterocycles. The number of ketones is 1. The third-order valence-electron chi connectivity index (χ3n) is 4.34. The molecule has 0 saturated carbocycles. The van der Waals surface area contributed by atoms with Crippen molar-refractivity contribution in [3.63, 3.8) is 0 Å². The van der Waals surface area contributed by atoms with Crippen molar-refractivity contribution in [2.75, 3.05) is 0 Å². The maximum atomic E-state index is 12.5. The molecule has 2 heteroatoms. The first-order chi connectivity index (χ1) is 11.7. The van der Waals surface area contributed by atoms with Gasteiger partial charge in [-0.2, -0.15) is 0 Å². The van der Waals surface area contributed by atoms with Crippen LogP contribution in [0.5, 0.6) is 0 Å². The number of hydrogen-bond acceptors (Lipinski definition) is 2. The number of rotatable bonds is 10. The molecule has 0 aliphatic rings. The summed E-state index contributed by atoms with van der Waals surface area (Å²) in [4.78, 5) is 12.5. The summed E-state index contributed by atoms with van der Waals surface area (Å²) in [5, 5.41) is 10.2. The lowest BCUT2D eigenvalue weighted by Crippen LogP contribution is -2.11. The quantitative estimate of drug-likeness (QED) is 0.483. The molecule has 0 bridgehead atoms. The standard InChI is InChI=1S/C22H28O2/c1-2-3-4-5-9-15-21(23)17-18-11-10-14-20(16-18)22(24)19-12-7-6-8-13-19/h6-8,10-14,16,21,23H,2-5,9,15,17H2,1H3. The van der Waals surface area contributed by atoms with E-state index in [9.17, 15) is 9.90 Å². The number of carbonyl (C=O) groups is 1. The first-order valence-electron chi connectivity index (χ1n) is 9.07. The molecule has 0 aliphatic carbocycles. The van der Waals surface area contributed by atoms with Crippen LogP contribution in [-0.2, 0) is 6.42 Å². The molecular weight excluding hydrogens is 296 g/mol. The maximum absolute atomic E-state index is 12.5. The van der Waals surface area contributed by atoms with E-state index in [0.717, 1.165) is 18.4 Å². The fraction of sp³-hybridized carbons (Fsp3) is 0.409. The summed E-state index contributed by atoms with van der Waals surface area (Å²) in [6.45, 7) is 2.21. The molecule has 0 amide bonds. The summed E-state index contributed by atoms with van der Waals surface area (Å²) in [5.41, 5.74) is 2.41. The van der Waals surface area contributed by atoms with Crippen molar-refractivity contribution < 1.29 is 9.90 Å². The third kappa shape index (κ3) is 5.93. The minimum absolute atomic E-state index is 0.0338. The molecular formula is C22H28O2. The van der Waals surface area contributed by atoms with E-state index in [1.165, 1.54) is 25.7 Å². The van der Waals surface area contributed by atoms with Crippen molar-refractivity contribution in [1.82, 2.24) is 0 Å². The highest BCUT2D eigenvalue weighted by Gasteiger charge is 2.11. The number of benzene rings is 2.